The molecule has 0 bridgehead atoms. The molecular formula is C15H18N2O3S. The molecule has 2 rings (SSSR count). The number of anilines is 1. The lowest BCUT2D eigenvalue weighted by Crippen LogP contribution is -2.36. The summed E-state index contributed by atoms with van der Waals surface area (Å²) < 4.78 is 4.79. The number of nitrogens with one attached hydrogen (secondary N) is 2. The van der Waals surface area contributed by atoms with E-state index in [9.17, 15) is 9.90 Å². The highest BCUT2D eigenvalue weighted by Gasteiger charge is 2.07. The molecule has 1 heterocycles. The fourth-order valence-electron chi connectivity index (χ4n) is 1.83. The molecule has 0 saturated carbocycles. The van der Waals surface area contributed by atoms with Crippen molar-refractivity contribution < 1.29 is 14.6 Å². The molecule has 0 aliphatic rings. The van der Waals surface area contributed by atoms with Gasteiger partial charge in [0.2, 0.25) is 0 Å². The van der Waals surface area contributed by atoms with Crippen LogP contribution in [-0.4, -0.2) is 37.5 Å². The number of carbonyl (C=O) groups excluding carboxylic acids is 1. The molecule has 112 valence electrons. The van der Waals surface area contributed by atoms with Gasteiger partial charge >= 0.3 is 6.03 Å². The summed E-state index contributed by atoms with van der Waals surface area (Å²) in [6.07, 6.45) is -0.710. The predicted octanol–water partition coefficient (Wildman–Crippen LogP) is 2.54. The molecule has 5 nitrogen and oxygen atoms in total. The van der Waals surface area contributed by atoms with E-state index in [1.54, 1.807) is 11.3 Å². The third kappa shape index (κ3) is 4.86. The van der Waals surface area contributed by atoms with Crippen LogP contribution in [0.5, 0.6) is 0 Å². The Morgan fingerprint density at radius 2 is 2.24 bits per heavy atom. The summed E-state index contributed by atoms with van der Waals surface area (Å²) in [5, 5.41) is 16.8. The zero-order valence-corrected chi connectivity index (χ0v) is 12.5. The Balaban J connectivity index is 1.91. The number of benzene rings is 1. The minimum absolute atomic E-state index is 0.143. The Kier molecular flexibility index (Phi) is 5.74. The third-order valence-corrected chi connectivity index (χ3v) is 3.70. The summed E-state index contributed by atoms with van der Waals surface area (Å²) in [4.78, 5) is 12.9. The molecule has 0 fully saturated rings. The maximum Gasteiger partial charge on any atom is 0.319 e. The number of amides is 2. The summed E-state index contributed by atoms with van der Waals surface area (Å²) >= 11 is 1.65. The van der Waals surface area contributed by atoms with Crippen molar-refractivity contribution in [1.82, 2.24) is 5.32 Å². The van der Waals surface area contributed by atoms with Crippen LogP contribution in [0, 0.1) is 0 Å². The molecule has 0 radical (unpaired) electrons. The van der Waals surface area contributed by atoms with Crippen molar-refractivity contribution in [2.45, 2.75) is 6.10 Å². The van der Waals surface area contributed by atoms with Crippen LogP contribution in [0.15, 0.2) is 41.8 Å². The molecule has 2 aromatic rings. The average Bonchev–Trinajstić information content (AvgIpc) is 3.00. The van der Waals surface area contributed by atoms with E-state index in [-0.39, 0.29) is 19.2 Å². The third-order valence-electron chi connectivity index (χ3n) is 2.78. The molecule has 1 unspecified atom stereocenters. The second kappa shape index (κ2) is 7.78. The maximum absolute atomic E-state index is 11.7. The van der Waals surface area contributed by atoms with Crippen molar-refractivity contribution in [3.05, 3.63) is 41.8 Å². The molecule has 1 aromatic carbocycles. The number of aliphatic hydroxyl groups excluding tert-OH is 1. The van der Waals surface area contributed by atoms with Gasteiger partial charge in [-0.15, -0.1) is 11.3 Å². The van der Waals surface area contributed by atoms with Crippen molar-refractivity contribution in [2.24, 2.45) is 0 Å². The first-order valence-corrected chi connectivity index (χ1v) is 7.43. The second-order valence-electron chi connectivity index (χ2n) is 4.50. The van der Waals surface area contributed by atoms with E-state index >= 15 is 0 Å². The average molecular weight is 306 g/mol. The standard InChI is InChI=1S/C15H18N2O3S/c1-20-10-13(18)9-16-15(19)17-12-5-2-4-11(8-12)14-6-3-7-21-14/h2-8,13,18H,9-10H2,1H3,(H2,16,17,19). The number of ether oxygens (including phenoxy) is 1. The normalized spacial score (nSPS) is 11.9. The highest BCUT2D eigenvalue weighted by atomic mass is 32.1. The molecule has 2 amide bonds. The van der Waals surface area contributed by atoms with Crippen molar-refractivity contribution in [3.8, 4) is 10.4 Å². The van der Waals surface area contributed by atoms with Crippen LogP contribution in [-0.2, 0) is 4.74 Å². The summed E-state index contributed by atoms with van der Waals surface area (Å²) in [6.45, 7) is 0.332. The van der Waals surface area contributed by atoms with Crippen LogP contribution in [0.25, 0.3) is 10.4 Å². The highest BCUT2D eigenvalue weighted by Crippen LogP contribution is 2.26. The maximum atomic E-state index is 11.7. The second-order valence-corrected chi connectivity index (χ2v) is 5.45. The molecule has 1 aromatic heterocycles. The number of urea groups is 1. The lowest BCUT2D eigenvalue weighted by molar-refractivity contribution is 0.0663. The zero-order valence-electron chi connectivity index (χ0n) is 11.7. The number of methoxy groups -OCH3 is 1. The van der Waals surface area contributed by atoms with E-state index in [2.05, 4.69) is 10.6 Å². The van der Waals surface area contributed by atoms with Crippen molar-refractivity contribution in [1.29, 1.82) is 0 Å². The van der Waals surface area contributed by atoms with Gasteiger partial charge in [0.05, 0.1) is 12.7 Å². The van der Waals surface area contributed by atoms with Crippen LogP contribution in [0.3, 0.4) is 0 Å². The van der Waals surface area contributed by atoms with Crippen LogP contribution in [0.1, 0.15) is 0 Å². The van der Waals surface area contributed by atoms with E-state index in [0.29, 0.717) is 5.69 Å². The number of hydrogen-bond donors (Lipinski definition) is 3. The molecule has 21 heavy (non-hydrogen) atoms. The minimum atomic E-state index is -0.710. The SMILES string of the molecule is COCC(O)CNC(=O)Nc1cccc(-c2cccs2)c1. The zero-order chi connectivity index (χ0) is 15.1. The minimum Gasteiger partial charge on any atom is -0.389 e. The van der Waals surface area contributed by atoms with E-state index < -0.39 is 6.10 Å². The van der Waals surface area contributed by atoms with Gasteiger partial charge < -0.3 is 20.5 Å². The Morgan fingerprint density at radius 3 is 2.95 bits per heavy atom. The lowest BCUT2D eigenvalue weighted by Gasteiger charge is -2.12. The van der Waals surface area contributed by atoms with Gasteiger partial charge in [-0.05, 0) is 29.1 Å². The first-order valence-electron chi connectivity index (χ1n) is 6.55. The lowest BCUT2D eigenvalue weighted by atomic mass is 10.1. The van der Waals surface area contributed by atoms with Gasteiger partial charge in [-0.3, -0.25) is 0 Å². The number of aliphatic hydroxyl groups is 1. The number of thiophene rings is 1. The molecule has 0 saturated heterocycles. The van der Waals surface area contributed by atoms with Gasteiger partial charge in [-0.25, -0.2) is 4.79 Å². The molecular weight excluding hydrogens is 288 g/mol. The van der Waals surface area contributed by atoms with Gasteiger partial charge in [0.25, 0.3) is 0 Å². The molecule has 6 heteroatoms. The quantitative estimate of drug-likeness (QED) is 0.768. The van der Waals surface area contributed by atoms with Crippen LogP contribution in [0.2, 0.25) is 0 Å². The first kappa shape index (κ1) is 15.5. The van der Waals surface area contributed by atoms with E-state index in [0.717, 1.165) is 10.4 Å². The fourth-order valence-corrected chi connectivity index (χ4v) is 2.55. The summed E-state index contributed by atoms with van der Waals surface area (Å²) in [5.41, 5.74) is 1.77. The molecule has 1 atom stereocenters. The molecule has 0 spiro atoms. The molecule has 3 N–H and O–H groups in total. The van der Waals surface area contributed by atoms with Gasteiger partial charge in [0.15, 0.2) is 0 Å². The van der Waals surface area contributed by atoms with Gasteiger partial charge in [0, 0.05) is 24.2 Å². The fraction of sp³-hybridized carbons (Fsp3) is 0.267. The molecule has 0 aliphatic carbocycles. The smallest absolute Gasteiger partial charge is 0.319 e. The highest BCUT2D eigenvalue weighted by molar-refractivity contribution is 7.13. The Morgan fingerprint density at radius 1 is 1.38 bits per heavy atom. The van der Waals surface area contributed by atoms with Gasteiger partial charge in [0.1, 0.15) is 0 Å². The van der Waals surface area contributed by atoms with Gasteiger partial charge in [-0.1, -0.05) is 18.2 Å². The van der Waals surface area contributed by atoms with Crippen molar-refractivity contribution in [2.75, 3.05) is 25.6 Å². The van der Waals surface area contributed by atoms with Gasteiger partial charge in [-0.2, -0.15) is 0 Å². The number of carbonyl (C=O) groups is 1. The van der Waals surface area contributed by atoms with Crippen LogP contribution >= 0.6 is 11.3 Å². The summed E-state index contributed by atoms with van der Waals surface area (Å²) in [7, 11) is 1.50. The Hall–Kier alpha value is -1.89. The topological polar surface area (TPSA) is 70.6 Å². The summed E-state index contributed by atoms with van der Waals surface area (Å²) in [6, 6.07) is 11.3. The van der Waals surface area contributed by atoms with E-state index in [1.165, 1.54) is 7.11 Å². The monoisotopic (exact) mass is 306 g/mol. The van der Waals surface area contributed by atoms with Crippen LogP contribution < -0.4 is 10.6 Å². The van der Waals surface area contributed by atoms with Crippen molar-refractivity contribution in [3.63, 3.8) is 0 Å². The Labute approximate surface area is 127 Å². The largest absolute Gasteiger partial charge is 0.389 e. The number of hydrogen-bond acceptors (Lipinski definition) is 4. The Bertz CT molecular complexity index is 572. The van der Waals surface area contributed by atoms with Crippen LogP contribution in [0.4, 0.5) is 10.5 Å². The molecule has 0 aliphatic heterocycles. The first-order chi connectivity index (χ1) is 10.2. The summed E-state index contributed by atoms with van der Waals surface area (Å²) in [5.74, 6) is 0. The van der Waals surface area contributed by atoms with E-state index in [4.69, 9.17) is 4.74 Å². The van der Waals surface area contributed by atoms with E-state index in [1.807, 2.05) is 41.8 Å². The van der Waals surface area contributed by atoms with Crippen molar-refractivity contribution >= 4 is 23.1 Å². The number of rotatable bonds is 6. The predicted molar refractivity (Wildman–Crippen MR) is 84.7 cm³/mol.